The van der Waals surface area contributed by atoms with Gasteiger partial charge < -0.3 is 19.2 Å². The van der Waals surface area contributed by atoms with E-state index in [1.807, 2.05) is 38.1 Å². The van der Waals surface area contributed by atoms with Gasteiger partial charge in [-0.2, -0.15) is 0 Å². The maximum Gasteiger partial charge on any atom is 0.244 e. The normalized spacial score (nSPS) is 11.8. The first-order chi connectivity index (χ1) is 16.1. The molecule has 0 atom stereocenters. The number of methoxy groups -OCH3 is 1. The number of hydrogen-bond donors (Lipinski definition) is 1. The van der Waals surface area contributed by atoms with E-state index in [0.717, 1.165) is 39.7 Å². The molecule has 4 rings (SSSR count). The third-order valence-corrected chi connectivity index (χ3v) is 5.70. The Bertz CT molecular complexity index is 1300. The zero-order valence-electron chi connectivity index (χ0n) is 19.3. The number of fused-ring (bicyclic) bond motifs is 2. The number of benzene rings is 3. The largest absolute Gasteiger partial charge is 0.496 e. The first kappa shape index (κ1) is 22.6. The van der Waals surface area contributed by atoms with Crippen molar-refractivity contribution in [1.82, 2.24) is 5.32 Å². The zero-order valence-corrected chi connectivity index (χ0v) is 19.3. The summed E-state index contributed by atoms with van der Waals surface area (Å²) in [6.45, 7) is 5.78. The Morgan fingerprint density at radius 2 is 1.91 bits per heavy atom. The molecule has 170 valence electrons. The van der Waals surface area contributed by atoms with Crippen LogP contribution in [0, 0.1) is 0 Å². The number of furan rings is 1. The van der Waals surface area contributed by atoms with Gasteiger partial charge in [0.15, 0.2) is 0 Å². The lowest BCUT2D eigenvalue weighted by Crippen LogP contribution is -2.23. The SMILES string of the molecule is CCOCCCNC(=O)/C=C(\C)c1cc2c(-c3ccc4ccccc4c3)coc2cc1OC. The van der Waals surface area contributed by atoms with Gasteiger partial charge in [-0.3, -0.25) is 4.79 Å². The van der Waals surface area contributed by atoms with Crippen LogP contribution >= 0.6 is 0 Å². The highest BCUT2D eigenvalue weighted by Gasteiger charge is 2.15. The molecule has 1 N–H and O–H groups in total. The molecule has 0 aliphatic heterocycles. The van der Waals surface area contributed by atoms with Crippen LogP contribution in [-0.2, 0) is 9.53 Å². The highest BCUT2D eigenvalue weighted by molar-refractivity contribution is 6.01. The molecule has 0 unspecified atom stereocenters. The van der Waals surface area contributed by atoms with Gasteiger partial charge in [-0.05, 0) is 54.3 Å². The van der Waals surface area contributed by atoms with Crippen LogP contribution in [0.1, 0.15) is 25.8 Å². The van der Waals surface area contributed by atoms with E-state index in [1.165, 1.54) is 10.8 Å². The second-order valence-electron chi connectivity index (χ2n) is 7.93. The van der Waals surface area contributed by atoms with Crippen molar-refractivity contribution in [3.8, 4) is 16.9 Å². The van der Waals surface area contributed by atoms with E-state index in [4.69, 9.17) is 13.9 Å². The lowest BCUT2D eigenvalue weighted by Gasteiger charge is -2.10. The second kappa shape index (κ2) is 10.4. The third kappa shape index (κ3) is 5.10. The first-order valence-electron chi connectivity index (χ1n) is 11.2. The third-order valence-electron chi connectivity index (χ3n) is 5.70. The van der Waals surface area contributed by atoms with Crippen molar-refractivity contribution >= 4 is 33.2 Å². The van der Waals surface area contributed by atoms with Gasteiger partial charge in [0.2, 0.25) is 5.91 Å². The molecule has 0 saturated heterocycles. The predicted octanol–water partition coefficient (Wildman–Crippen LogP) is 6.21. The van der Waals surface area contributed by atoms with Crippen molar-refractivity contribution in [2.24, 2.45) is 0 Å². The summed E-state index contributed by atoms with van der Waals surface area (Å²) in [6.07, 6.45) is 4.17. The number of ether oxygens (including phenoxy) is 2. The van der Waals surface area contributed by atoms with Crippen molar-refractivity contribution in [3.63, 3.8) is 0 Å². The topological polar surface area (TPSA) is 60.7 Å². The van der Waals surface area contributed by atoms with Gasteiger partial charge in [0.05, 0.1) is 13.4 Å². The fourth-order valence-corrected chi connectivity index (χ4v) is 3.97. The summed E-state index contributed by atoms with van der Waals surface area (Å²) in [5, 5.41) is 6.26. The number of carbonyl (C=O) groups excluding carboxylic acids is 1. The molecule has 4 aromatic rings. The standard InChI is InChI=1S/C28H29NO4/c1-4-32-13-7-12-29-28(30)14-19(2)23-16-24-25(18-33-27(24)17-26(23)31-3)22-11-10-20-8-5-6-9-21(20)15-22/h5-6,8-11,14-18H,4,7,12-13H2,1-3H3,(H,29,30)/b19-14+. The van der Waals surface area contributed by atoms with Crippen LogP contribution in [0.5, 0.6) is 5.75 Å². The van der Waals surface area contributed by atoms with Gasteiger partial charge in [0.1, 0.15) is 11.3 Å². The number of nitrogens with one attached hydrogen (secondary N) is 1. The lowest BCUT2D eigenvalue weighted by atomic mass is 9.97. The molecule has 0 spiro atoms. The second-order valence-corrected chi connectivity index (χ2v) is 7.93. The van der Waals surface area contributed by atoms with Crippen molar-refractivity contribution in [1.29, 1.82) is 0 Å². The van der Waals surface area contributed by atoms with E-state index in [1.54, 1.807) is 19.4 Å². The van der Waals surface area contributed by atoms with Gasteiger partial charge in [0.25, 0.3) is 0 Å². The fourth-order valence-electron chi connectivity index (χ4n) is 3.97. The first-order valence-corrected chi connectivity index (χ1v) is 11.2. The molecule has 5 heteroatoms. The fraction of sp³-hybridized carbons (Fsp3) is 0.250. The van der Waals surface area contributed by atoms with Crippen LogP contribution in [0.15, 0.2) is 71.4 Å². The number of carbonyl (C=O) groups is 1. The minimum absolute atomic E-state index is 0.131. The summed E-state index contributed by atoms with van der Waals surface area (Å²) in [5.41, 5.74) is 4.51. The molecule has 5 nitrogen and oxygen atoms in total. The summed E-state index contributed by atoms with van der Waals surface area (Å²) in [5.74, 6) is 0.535. The average Bonchev–Trinajstić information content (AvgIpc) is 3.25. The van der Waals surface area contributed by atoms with Crippen molar-refractivity contribution in [2.45, 2.75) is 20.3 Å². The molecular weight excluding hydrogens is 414 g/mol. The molecule has 1 aromatic heterocycles. The molecule has 0 bridgehead atoms. The summed E-state index contributed by atoms with van der Waals surface area (Å²) in [7, 11) is 1.62. The quantitative estimate of drug-likeness (QED) is 0.247. The Morgan fingerprint density at radius 3 is 2.70 bits per heavy atom. The smallest absolute Gasteiger partial charge is 0.244 e. The number of amides is 1. The van der Waals surface area contributed by atoms with Crippen molar-refractivity contribution in [3.05, 3.63) is 72.5 Å². The summed E-state index contributed by atoms with van der Waals surface area (Å²) in [4.78, 5) is 12.4. The number of allylic oxidation sites excluding steroid dienone is 1. The lowest BCUT2D eigenvalue weighted by molar-refractivity contribution is -0.116. The Morgan fingerprint density at radius 1 is 1.09 bits per heavy atom. The highest BCUT2D eigenvalue weighted by atomic mass is 16.5. The Hall–Kier alpha value is -3.57. The molecule has 33 heavy (non-hydrogen) atoms. The van der Waals surface area contributed by atoms with Gasteiger partial charge in [-0.15, -0.1) is 0 Å². The maximum atomic E-state index is 12.4. The monoisotopic (exact) mass is 443 g/mol. The molecule has 0 saturated carbocycles. The van der Waals surface area contributed by atoms with E-state index in [-0.39, 0.29) is 5.91 Å². The van der Waals surface area contributed by atoms with Crippen LogP contribution < -0.4 is 10.1 Å². The summed E-state index contributed by atoms with van der Waals surface area (Å²) >= 11 is 0. The Kier molecular flexibility index (Phi) is 7.10. The van der Waals surface area contributed by atoms with Crippen LogP contribution in [0.25, 0.3) is 38.4 Å². The van der Waals surface area contributed by atoms with Crippen molar-refractivity contribution < 1.29 is 18.7 Å². The number of hydrogen-bond acceptors (Lipinski definition) is 4. The zero-order chi connectivity index (χ0) is 23.2. The minimum atomic E-state index is -0.131. The van der Waals surface area contributed by atoms with Gasteiger partial charge in [0, 0.05) is 48.4 Å². The van der Waals surface area contributed by atoms with Crippen LogP contribution in [0.2, 0.25) is 0 Å². The van der Waals surface area contributed by atoms with E-state index >= 15 is 0 Å². The summed E-state index contributed by atoms with van der Waals surface area (Å²) in [6, 6.07) is 18.6. The maximum absolute atomic E-state index is 12.4. The molecule has 0 radical (unpaired) electrons. The molecule has 1 heterocycles. The average molecular weight is 444 g/mol. The Balaban J connectivity index is 1.64. The van der Waals surface area contributed by atoms with Crippen LogP contribution in [0.4, 0.5) is 0 Å². The number of rotatable bonds is 9. The molecular formula is C28H29NO4. The van der Waals surface area contributed by atoms with Crippen LogP contribution in [0.3, 0.4) is 0 Å². The highest BCUT2D eigenvalue weighted by Crippen LogP contribution is 2.38. The molecule has 1 amide bonds. The van der Waals surface area contributed by atoms with E-state index < -0.39 is 0 Å². The van der Waals surface area contributed by atoms with E-state index in [2.05, 4.69) is 35.6 Å². The van der Waals surface area contributed by atoms with Gasteiger partial charge in [-0.25, -0.2) is 0 Å². The minimum Gasteiger partial charge on any atom is -0.496 e. The van der Waals surface area contributed by atoms with Crippen LogP contribution in [-0.4, -0.2) is 32.8 Å². The van der Waals surface area contributed by atoms with Gasteiger partial charge >= 0.3 is 0 Å². The molecule has 3 aromatic carbocycles. The van der Waals surface area contributed by atoms with Crippen molar-refractivity contribution in [2.75, 3.05) is 26.9 Å². The van der Waals surface area contributed by atoms with E-state index in [9.17, 15) is 4.79 Å². The molecule has 0 aliphatic rings. The molecule has 0 fully saturated rings. The Labute approximate surface area is 194 Å². The predicted molar refractivity (Wildman–Crippen MR) is 133 cm³/mol. The summed E-state index contributed by atoms with van der Waals surface area (Å²) < 4.78 is 16.8. The van der Waals surface area contributed by atoms with E-state index in [0.29, 0.717) is 25.5 Å². The molecule has 0 aliphatic carbocycles. The van der Waals surface area contributed by atoms with Gasteiger partial charge in [-0.1, -0.05) is 36.4 Å².